The summed E-state index contributed by atoms with van der Waals surface area (Å²) in [6.45, 7) is 8.00. The standard InChI is InChI=1S/C34H46ClN5O4S2/c1-5-36-34(45)37-21-23-13-15-24(16-14-23)31(41)39-29(17-18-46(4)44)32(42)40-30(19-22(2)3)33(43)38-28-12-7-6-11-27(28)25-9-8-10-26(35)20-25/h5,8-10,13-16,20,22,27-30H,1,6-7,11-12,17-19,21H2,2-4H3,(H,38,43)(H,39,41)(H,40,42)(H2,36,37,45)/t27?,28-,29?,30?,46?/m1/s1. The van der Waals surface area contributed by atoms with Gasteiger partial charge in [-0.25, -0.2) is 0 Å². The van der Waals surface area contributed by atoms with Crippen LogP contribution in [0.4, 0.5) is 0 Å². The topological polar surface area (TPSA) is 128 Å². The van der Waals surface area contributed by atoms with Crippen LogP contribution in [-0.2, 0) is 26.9 Å². The Morgan fingerprint density at radius 2 is 1.76 bits per heavy atom. The molecule has 3 amide bonds. The fraction of sp³-hybridized carbons (Fsp3) is 0.471. The molecule has 9 nitrogen and oxygen atoms in total. The van der Waals surface area contributed by atoms with Crippen molar-refractivity contribution in [3.63, 3.8) is 0 Å². The van der Waals surface area contributed by atoms with Gasteiger partial charge in [0, 0.05) is 51.9 Å². The van der Waals surface area contributed by atoms with Crippen LogP contribution < -0.4 is 26.6 Å². The van der Waals surface area contributed by atoms with E-state index in [2.05, 4.69) is 33.2 Å². The van der Waals surface area contributed by atoms with Crippen molar-refractivity contribution >= 4 is 57.5 Å². The molecule has 2 aromatic carbocycles. The molecular formula is C34H46ClN5O4S2. The molecule has 5 N–H and O–H groups in total. The molecule has 4 unspecified atom stereocenters. The quantitative estimate of drug-likeness (QED) is 0.172. The Balaban J connectivity index is 1.70. The van der Waals surface area contributed by atoms with E-state index in [1.54, 1.807) is 30.5 Å². The lowest BCUT2D eigenvalue weighted by Gasteiger charge is -2.34. The molecule has 1 aliphatic carbocycles. The fourth-order valence-electron chi connectivity index (χ4n) is 5.59. The highest BCUT2D eigenvalue weighted by Gasteiger charge is 2.32. The van der Waals surface area contributed by atoms with Crippen molar-refractivity contribution in [2.24, 2.45) is 5.92 Å². The number of hydrogen-bond acceptors (Lipinski definition) is 5. The third kappa shape index (κ3) is 12.1. The van der Waals surface area contributed by atoms with Gasteiger partial charge in [0.15, 0.2) is 5.11 Å². The first-order chi connectivity index (χ1) is 22.0. The Kier molecular flexibility index (Phi) is 15.2. The van der Waals surface area contributed by atoms with Crippen LogP contribution in [0.5, 0.6) is 0 Å². The van der Waals surface area contributed by atoms with Crippen molar-refractivity contribution in [1.82, 2.24) is 26.6 Å². The lowest BCUT2D eigenvalue weighted by Crippen LogP contribution is -2.56. The van der Waals surface area contributed by atoms with Crippen LogP contribution in [0.15, 0.2) is 61.3 Å². The molecular weight excluding hydrogens is 642 g/mol. The van der Waals surface area contributed by atoms with Crippen LogP contribution in [-0.4, -0.2) is 57.2 Å². The number of carbonyl (C=O) groups is 3. The van der Waals surface area contributed by atoms with Gasteiger partial charge in [-0.1, -0.05) is 69.1 Å². The van der Waals surface area contributed by atoms with Crippen LogP contribution in [0, 0.1) is 5.92 Å². The maximum absolute atomic E-state index is 13.7. The van der Waals surface area contributed by atoms with E-state index in [0.717, 1.165) is 36.8 Å². The molecule has 0 saturated heterocycles. The van der Waals surface area contributed by atoms with Gasteiger partial charge in [-0.15, -0.1) is 0 Å². The Bertz CT molecular complexity index is 1390. The number of benzene rings is 2. The van der Waals surface area contributed by atoms with Crippen LogP contribution in [0.1, 0.15) is 79.8 Å². The Hall–Kier alpha value is -3.28. The molecule has 5 atom stereocenters. The highest BCUT2D eigenvalue weighted by atomic mass is 35.5. The Labute approximate surface area is 285 Å². The molecule has 1 aliphatic rings. The van der Waals surface area contributed by atoms with Gasteiger partial charge in [0.25, 0.3) is 5.91 Å². The van der Waals surface area contributed by atoms with E-state index >= 15 is 0 Å². The lowest BCUT2D eigenvalue weighted by molar-refractivity contribution is -0.130. The largest absolute Gasteiger partial charge is 0.358 e. The Morgan fingerprint density at radius 1 is 1.04 bits per heavy atom. The molecule has 3 rings (SSSR count). The maximum atomic E-state index is 13.7. The second-order valence-corrected chi connectivity index (χ2v) is 14.5. The summed E-state index contributed by atoms with van der Waals surface area (Å²) in [7, 11) is -1.18. The molecule has 0 heterocycles. The van der Waals surface area contributed by atoms with E-state index in [-0.39, 0.29) is 36.0 Å². The smallest absolute Gasteiger partial charge is 0.251 e. The second kappa shape index (κ2) is 18.8. The monoisotopic (exact) mass is 687 g/mol. The zero-order chi connectivity index (χ0) is 33.6. The first kappa shape index (κ1) is 37.2. The Morgan fingerprint density at radius 3 is 2.41 bits per heavy atom. The van der Waals surface area contributed by atoms with Crippen molar-refractivity contribution in [3.8, 4) is 0 Å². The van der Waals surface area contributed by atoms with Gasteiger partial charge >= 0.3 is 0 Å². The molecule has 46 heavy (non-hydrogen) atoms. The number of amides is 3. The van der Waals surface area contributed by atoms with E-state index in [4.69, 9.17) is 23.8 Å². The summed E-state index contributed by atoms with van der Waals surface area (Å²) in [5, 5.41) is 15.9. The predicted octanol–water partition coefficient (Wildman–Crippen LogP) is 4.69. The molecule has 0 radical (unpaired) electrons. The van der Waals surface area contributed by atoms with Crippen molar-refractivity contribution in [3.05, 3.63) is 83.0 Å². The zero-order valence-electron chi connectivity index (χ0n) is 26.8. The molecule has 0 aliphatic heterocycles. The summed E-state index contributed by atoms with van der Waals surface area (Å²) in [6.07, 6.45) is 7.45. The first-order valence-corrected chi connectivity index (χ1v) is 18.2. The van der Waals surface area contributed by atoms with Gasteiger partial charge in [0.2, 0.25) is 11.8 Å². The fourth-order valence-corrected chi connectivity index (χ4v) is 6.51. The normalized spacial score (nSPS) is 18.0. The molecule has 1 saturated carbocycles. The van der Waals surface area contributed by atoms with E-state index in [0.29, 0.717) is 28.7 Å². The summed E-state index contributed by atoms with van der Waals surface area (Å²) in [5.74, 6) is -0.720. The molecule has 1 fully saturated rings. The summed E-state index contributed by atoms with van der Waals surface area (Å²) in [5.41, 5.74) is 2.36. The molecule has 12 heteroatoms. The lowest BCUT2D eigenvalue weighted by atomic mass is 9.80. The number of hydrogen-bond donors (Lipinski definition) is 5. The number of carbonyl (C=O) groups excluding carboxylic acids is 3. The minimum Gasteiger partial charge on any atom is -0.358 e. The van der Waals surface area contributed by atoms with Crippen LogP contribution in [0.25, 0.3) is 0 Å². The number of nitrogens with one attached hydrogen (secondary N) is 5. The highest BCUT2D eigenvalue weighted by molar-refractivity contribution is 7.84. The van der Waals surface area contributed by atoms with Crippen molar-refractivity contribution in [2.75, 3.05) is 12.0 Å². The SMILES string of the molecule is C=CNC(=S)NCc1ccc(C(=O)NC(CCS(C)=O)C(=O)NC(CC(C)C)C(=O)N[C@@H]2CCCCC2c2cccc(Cl)c2)cc1. The third-order valence-corrected chi connectivity index (χ3v) is 9.24. The predicted molar refractivity (Wildman–Crippen MR) is 190 cm³/mol. The average Bonchev–Trinajstić information content (AvgIpc) is 3.02. The highest BCUT2D eigenvalue weighted by Crippen LogP contribution is 2.34. The molecule has 0 aromatic heterocycles. The van der Waals surface area contributed by atoms with Crippen molar-refractivity contribution in [2.45, 2.75) is 83.0 Å². The van der Waals surface area contributed by atoms with Crippen LogP contribution >= 0.6 is 23.8 Å². The summed E-state index contributed by atoms with van der Waals surface area (Å²) in [4.78, 5) is 40.6. The van der Waals surface area contributed by atoms with Crippen LogP contribution in [0.2, 0.25) is 5.02 Å². The van der Waals surface area contributed by atoms with Gasteiger partial charge in [-0.2, -0.15) is 0 Å². The maximum Gasteiger partial charge on any atom is 0.251 e. The summed E-state index contributed by atoms with van der Waals surface area (Å²) in [6, 6.07) is 12.8. The molecule has 250 valence electrons. The van der Waals surface area contributed by atoms with Crippen molar-refractivity contribution in [1.29, 1.82) is 0 Å². The molecule has 0 bridgehead atoms. The van der Waals surface area contributed by atoms with Gasteiger partial charge in [-0.05, 0) is 85.4 Å². The van der Waals surface area contributed by atoms with Crippen LogP contribution in [0.3, 0.4) is 0 Å². The average molecular weight is 688 g/mol. The summed E-state index contributed by atoms with van der Waals surface area (Å²) < 4.78 is 11.9. The van der Waals surface area contributed by atoms with Gasteiger partial charge in [0.05, 0.1) is 0 Å². The number of rotatable bonds is 15. The zero-order valence-corrected chi connectivity index (χ0v) is 29.2. The first-order valence-electron chi connectivity index (χ1n) is 15.7. The number of halogens is 1. The minimum absolute atomic E-state index is 0.0868. The van der Waals surface area contributed by atoms with E-state index in [9.17, 15) is 18.6 Å². The number of thiocarbonyl (C=S) groups is 1. The van der Waals surface area contributed by atoms with Crippen molar-refractivity contribution < 1.29 is 18.6 Å². The third-order valence-electron chi connectivity index (χ3n) is 7.93. The van der Waals surface area contributed by atoms with Gasteiger partial charge in [-0.3, -0.25) is 18.6 Å². The summed E-state index contributed by atoms with van der Waals surface area (Å²) >= 11 is 11.4. The minimum atomic E-state index is -1.18. The second-order valence-electron chi connectivity index (χ2n) is 12.1. The van der Waals surface area contributed by atoms with E-state index < -0.39 is 34.7 Å². The van der Waals surface area contributed by atoms with Gasteiger partial charge < -0.3 is 26.6 Å². The van der Waals surface area contributed by atoms with E-state index in [1.165, 1.54) is 6.20 Å². The van der Waals surface area contributed by atoms with Gasteiger partial charge in [0.1, 0.15) is 12.1 Å². The molecule has 2 aromatic rings. The van der Waals surface area contributed by atoms with E-state index in [1.807, 2.05) is 38.1 Å². The molecule has 0 spiro atoms.